The third-order valence-electron chi connectivity index (χ3n) is 5.37. The number of hydrogen-bond donors (Lipinski definition) is 1. The van der Waals surface area contributed by atoms with Gasteiger partial charge in [0.05, 0.1) is 19.3 Å². The number of aldehydes is 1. The highest BCUT2D eigenvalue weighted by Crippen LogP contribution is 2.25. The van der Waals surface area contributed by atoms with E-state index >= 15 is 0 Å². The second kappa shape index (κ2) is 10.5. The van der Waals surface area contributed by atoms with E-state index in [0.717, 1.165) is 12.8 Å². The number of rotatable bonds is 9. The SMILES string of the molecule is CC(C)C[C@H](CC(=O)N1CCOCC1)C(=O)N[C@H](C=O)CC1CCCC1=O. The summed E-state index contributed by atoms with van der Waals surface area (Å²) >= 11 is 0. The highest BCUT2D eigenvalue weighted by atomic mass is 16.5. The molecule has 1 unspecified atom stereocenters. The molecular weight excluding hydrogens is 348 g/mol. The molecule has 27 heavy (non-hydrogen) atoms. The lowest BCUT2D eigenvalue weighted by Crippen LogP contribution is -2.45. The van der Waals surface area contributed by atoms with Crippen LogP contribution in [0.15, 0.2) is 0 Å². The maximum Gasteiger partial charge on any atom is 0.224 e. The van der Waals surface area contributed by atoms with Crippen LogP contribution in [0.3, 0.4) is 0 Å². The maximum atomic E-state index is 12.8. The zero-order valence-electron chi connectivity index (χ0n) is 16.4. The molecule has 7 heteroatoms. The third kappa shape index (κ3) is 6.72. The van der Waals surface area contributed by atoms with Gasteiger partial charge in [0.2, 0.25) is 11.8 Å². The first kappa shape index (κ1) is 21.5. The van der Waals surface area contributed by atoms with Gasteiger partial charge in [-0.25, -0.2) is 0 Å². The standard InChI is InChI=1S/C20H32N2O5/c1-14(2)10-16(12-19(25)22-6-8-27-9-7-22)20(26)21-17(13-23)11-15-4-3-5-18(15)24/h13-17H,3-12H2,1-2H3,(H,21,26)/t15?,16-,17+/m1/s1. The summed E-state index contributed by atoms with van der Waals surface area (Å²) in [6, 6.07) is -0.669. The molecule has 0 aromatic heterocycles. The molecule has 2 fully saturated rings. The van der Waals surface area contributed by atoms with Crippen LogP contribution in [0.5, 0.6) is 0 Å². The van der Waals surface area contributed by atoms with E-state index < -0.39 is 12.0 Å². The maximum absolute atomic E-state index is 12.8. The first-order valence-corrected chi connectivity index (χ1v) is 10.0. The van der Waals surface area contributed by atoms with Crippen molar-refractivity contribution in [2.45, 2.75) is 58.4 Å². The van der Waals surface area contributed by atoms with Crippen LogP contribution in [0.25, 0.3) is 0 Å². The minimum Gasteiger partial charge on any atom is -0.378 e. The van der Waals surface area contributed by atoms with E-state index in [4.69, 9.17) is 4.74 Å². The quantitative estimate of drug-likeness (QED) is 0.610. The number of carbonyl (C=O) groups is 4. The zero-order chi connectivity index (χ0) is 19.8. The van der Waals surface area contributed by atoms with Gasteiger partial charge in [-0.3, -0.25) is 14.4 Å². The lowest BCUT2D eigenvalue weighted by Gasteiger charge is -2.29. The van der Waals surface area contributed by atoms with Gasteiger partial charge in [0.15, 0.2) is 0 Å². The molecule has 1 N–H and O–H groups in total. The molecule has 1 saturated carbocycles. The molecule has 1 saturated heterocycles. The number of nitrogens with one attached hydrogen (secondary N) is 1. The monoisotopic (exact) mass is 380 g/mol. The average molecular weight is 380 g/mol. The van der Waals surface area contributed by atoms with E-state index in [1.807, 2.05) is 13.8 Å². The van der Waals surface area contributed by atoms with E-state index in [2.05, 4.69) is 5.32 Å². The summed E-state index contributed by atoms with van der Waals surface area (Å²) in [7, 11) is 0. The Kier molecular flexibility index (Phi) is 8.41. The number of carbonyl (C=O) groups excluding carboxylic acids is 4. The summed E-state index contributed by atoms with van der Waals surface area (Å²) in [6.45, 7) is 6.16. The van der Waals surface area contributed by atoms with Crippen molar-refractivity contribution in [1.29, 1.82) is 0 Å². The topological polar surface area (TPSA) is 92.8 Å². The summed E-state index contributed by atoms with van der Waals surface area (Å²) in [6.07, 6.45) is 3.98. The Bertz CT molecular complexity index is 542. The fraction of sp³-hybridized carbons (Fsp3) is 0.800. The van der Waals surface area contributed by atoms with Crippen LogP contribution in [0, 0.1) is 17.8 Å². The third-order valence-corrected chi connectivity index (χ3v) is 5.37. The molecule has 0 radical (unpaired) electrons. The Balaban J connectivity index is 1.94. The van der Waals surface area contributed by atoms with E-state index in [9.17, 15) is 19.2 Å². The van der Waals surface area contributed by atoms with Gasteiger partial charge < -0.3 is 19.7 Å². The first-order valence-electron chi connectivity index (χ1n) is 10.0. The summed E-state index contributed by atoms with van der Waals surface area (Å²) in [5, 5.41) is 2.77. The largest absolute Gasteiger partial charge is 0.378 e. The molecule has 152 valence electrons. The van der Waals surface area contributed by atoms with E-state index in [1.54, 1.807) is 4.90 Å². The molecule has 0 spiro atoms. The summed E-state index contributed by atoms with van der Waals surface area (Å²) in [5.41, 5.74) is 0. The van der Waals surface area contributed by atoms with Crippen LogP contribution in [-0.4, -0.2) is 61.1 Å². The van der Waals surface area contributed by atoms with E-state index in [-0.39, 0.29) is 35.9 Å². The lowest BCUT2D eigenvalue weighted by molar-refractivity contribution is -0.140. The molecule has 7 nitrogen and oxygen atoms in total. The second-order valence-electron chi connectivity index (χ2n) is 8.07. The molecule has 0 aromatic rings. The van der Waals surface area contributed by atoms with Crippen LogP contribution < -0.4 is 5.32 Å². The fourth-order valence-electron chi connectivity index (χ4n) is 3.90. The first-order chi connectivity index (χ1) is 12.9. The smallest absolute Gasteiger partial charge is 0.224 e. The Labute approximate surface area is 161 Å². The van der Waals surface area contributed by atoms with Gasteiger partial charge in [-0.15, -0.1) is 0 Å². The Morgan fingerprint density at radius 3 is 2.56 bits per heavy atom. The molecular formula is C20H32N2O5. The van der Waals surface area contributed by atoms with Gasteiger partial charge in [-0.05, 0) is 31.6 Å². The van der Waals surface area contributed by atoms with Gasteiger partial charge >= 0.3 is 0 Å². The van der Waals surface area contributed by atoms with Crippen molar-refractivity contribution in [1.82, 2.24) is 10.2 Å². The van der Waals surface area contributed by atoms with Crippen molar-refractivity contribution in [2.75, 3.05) is 26.3 Å². The van der Waals surface area contributed by atoms with Crippen molar-refractivity contribution >= 4 is 23.9 Å². The highest BCUT2D eigenvalue weighted by Gasteiger charge is 2.31. The highest BCUT2D eigenvalue weighted by molar-refractivity contribution is 5.88. The molecule has 3 atom stereocenters. The van der Waals surface area contributed by atoms with Crippen LogP contribution in [0.2, 0.25) is 0 Å². The van der Waals surface area contributed by atoms with Gasteiger partial charge in [0, 0.05) is 37.8 Å². The van der Waals surface area contributed by atoms with Crippen molar-refractivity contribution in [3.05, 3.63) is 0 Å². The number of ketones is 1. The predicted molar refractivity (Wildman–Crippen MR) is 99.9 cm³/mol. The Morgan fingerprint density at radius 2 is 2.00 bits per heavy atom. The number of ether oxygens (including phenoxy) is 1. The second-order valence-corrected chi connectivity index (χ2v) is 8.07. The minimum absolute atomic E-state index is 0.0484. The van der Waals surface area contributed by atoms with Crippen molar-refractivity contribution < 1.29 is 23.9 Å². The van der Waals surface area contributed by atoms with Crippen molar-refractivity contribution in [3.8, 4) is 0 Å². The van der Waals surface area contributed by atoms with E-state index in [1.165, 1.54) is 0 Å². The van der Waals surface area contributed by atoms with Gasteiger partial charge in [-0.1, -0.05) is 13.8 Å². The predicted octanol–water partition coefficient (Wildman–Crippen LogP) is 1.34. The van der Waals surface area contributed by atoms with Crippen molar-refractivity contribution in [2.24, 2.45) is 17.8 Å². The van der Waals surface area contributed by atoms with Crippen molar-refractivity contribution in [3.63, 3.8) is 0 Å². The van der Waals surface area contributed by atoms with E-state index in [0.29, 0.717) is 51.9 Å². The molecule has 0 aromatic carbocycles. The van der Waals surface area contributed by atoms with Gasteiger partial charge in [0.1, 0.15) is 12.1 Å². The van der Waals surface area contributed by atoms with Gasteiger partial charge in [0.25, 0.3) is 0 Å². The number of hydrogen-bond acceptors (Lipinski definition) is 5. The van der Waals surface area contributed by atoms with Gasteiger partial charge in [-0.2, -0.15) is 0 Å². The fourth-order valence-corrected chi connectivity index (χ4v) is 3.90. The molecule has 2 aliphatic rings. The molecule has 2 rings (SSSR count). The normalized spacial score (nSPS) is 22.6. The Morgan fingerprint density at radius 1 is 1.30 bits per heavy atom. The molecule has 2 amide bonds. The van der Waals surface area contributed by atoms with Crippen LogP contribution in [0.4, 0.5) is 0 Å². The van der Waals surface area contributed by atoms with Crippen LogP contribution >= 0.6 is 0 Å². The molecule has 1 aliphatic heterocycles. The Hall–Kier alpha value is -1.76. The zero-order valence-corrected chi connectivity index (χ0v) is 16.4. The number of amides is 2. The van der Waals surface area contributed by atoms with Crippen LogP contribution in [-0.2, 0) is 23.9 Å². The average Bonchev–Trinajstić information content (AvgIpc) is 3.05. The summed E-state index contributed by atoms with van der Waals surface area (Å²) in [4.78, 5) is 50.3. The minimum atomic E-state index is -0.669. The molecule has 1 heterocycles. The molecule has 1 aliphatic carbocycles. The number of morpholine rings is 1. The van der Waals surface area contributed by atoms with Crippen LogP contribution in [0.1, 0.15) is 52.4 Å². The lowest BCUT2D eigenvalue weighted by atomic mass is 9.91. The molecule has 0 bridgehead atoms. The number of Topliss-reactive ketones (excluding diaryl/α,β-unsaturated/α-hetero) is 1. The summed E-state index contributed by atoms with van der Waals surface area (Å²) in [5.74, 6) is -0.497. The summed E-state index contributed by atoms with van der Waals surface area (Å²) < 4.78 is 5.27. The number of nitrogens with zero attached hydrogens (tertiary/aromatic N) is 1.